The molecule has 1 heterocycles. The number of rotatable bonds is 6. The van der Waals surface area contributed by atoms with Crippen molar-refractivity contribution in [3.05, 3.63) is 0 Å². The Morgan fingerprint density at radius 3 is 2.42 bits per heavy atom. The second-order valence-corrected chi connectivity index (χ2v) is 5.73. The van der Waals surface area contributed by atoms with Gasteiger partial charge in [0.1, 0.15) is 5.41 Å². The van der Waals surface area contributed by atoms with Gasteiger partial charge < -0.3 is 10.0 Å². The van der Waals surface area contributed by atoms with Crippen LogP contribution in [0, 0.1) is 22.7 Å². The number of likely N-dealkylation sites (tertiary alicyclic amines) is 1. The van der Waals surface area contributed by atoms with Gasteiger partial charge in [-0.2, -0.15) is 5.26 Å². The Labute approximate surface area is 116 Å². The largest absolute Gasteiger partial charge is 0.393 e. The molecule has 0 spiro atoms. The van der Waals surface area contributed by atoms with E-state index in [1.807, 2.05) is 13.8 Å². The molecule has 1 amide bonds. The molecule has 1 N–H and O–H groups in total. The highest BCUT2D eigenvalue weighted by molar-refractivity contribution is 5.85. The van der Waals surface area contributed by atoms with Crippen molar-refractivity contribution in [1.29, 1.82) is 5.26 Å². The number of carbonyl (C=O) groups is 1. The number of hydrogen-bond acceptors (Lipinski definition) is 3. The third-order valence-electron chi connectivity index (χ3n) is 4.17. The smallest absolute Gasteiger partial charge is 0.243 e. The molecule has 0 aromatic carbocycles. The van der Waals surface area contributed by atoms with Crippen LogP contribution >= 0.6 is 0 Å². The minimum atomic E-state index is -0.850. The molecule has 0 aromatic heterocycles. The number of aliphatic hydroxyl groups is 1. The van der Waals surface area contributed by atoms with E-state index in [0.717, 1.165) is 19.3 Å². The first-order chi connectivity index (χ1) is 9.00. The lowest BCUT2D eigenvalue weighted by Gasteiger charge is -2.30. The zero-order chi connectivity index (χ0) is 14.5. The van der Waals surface area contributed by atoms with E-state index in [1.54, 1.807) is 11.8 Å². The van der Waals surface area contributed by atoms with Crippen LogP contribution in [-0.4, -0.2) is 35.1 Å². The normalized spacial score (nSPS) is 21.2. The van der Waals surface area contributed by atoms with Gasteiger partial charge in [0.05, 0.1) is 12.2 Å². The Hall–Kier alpha value is -1.08. The standard InChI is InChI=1S/C15H26N2O2/c1-4-7-15(11-16,8-5-2)14(19)17-9-6-13(10-17)12(3)18/h12-13,18H,4-10H2,1-3H3. The van der Waals surface area contributed by atoms with E-state index in [4.69, 9.17) is 0 Å². The second kappa shape index (κ2) is 6.91. The SMILES string of the molecule is CCCC(C#N)(CCC)C(=O)N1CCC(C(C)O)C1. The fraction of sp³-hybridized carbons (Fsp3) is 0.867. The molecule has 1 saturated heterocycles. The van der Waals surface area contributed by atoms with Crippen LogP contribution in [0.15, 0.2) is 0 Å². The van der Waals surface area contributed by atoms with E-state index in [2.05, 4.69) is 6.07 Å². The number of amides is 1. The molecule has 2 unspecified atom stereocenters. The third-order valence-corrected chi connectivity index (χ3v) is 4.17. The molecule has 2 atom stereocenters. The summed E-state index contributed by atoms with van der Waals surface area (Å²) in [5, 5.41) is 19.1. The molecule has 0 aromatic rings. The van der Waals surface area contributed by atoms with Crippen LogP contribution in [0.5, 0.6) is 0 Å². The van der Waals surface area contributed by atoms with E-state index in [-0.39, 0.29) is 17.9 Å². The van der Waals surface area contributed by atoms with Crippen molar-refractivity contribution < 1.29 is 9.90 Å². The van der Waals surface area contributed by atoms with Gasteiger partial charge in [-0.3, -0.25) is 4.79 Å². The van der Waals surface area contributed by atoms with Gasteiger partial charge in [-0.25, -0.2) is 0 Å². The van der Waals surface area contributed by atoms with Crippen molar-refractivity contribution in [2.75, 3.05) is 13.1 Å². The summed E-state index contributed by atoms with van der Waals surface area (Å²) >= 11 is 0. The molecule has 0 aliphatic carbocycles. The number of nitrogens with zero attached hydrogens (tertiary/aromatic N) is 2. The summed E-state index contributed by atoms with van der Waals surface area (Å²) < 4.78 is 0. The summed E-state index contributed by atoms with van der Waals surface area (Å²) in [6.07, 6.45) is 3.40. The van der Waals surface area contributed by atoms with E-state index < -0.39 is 5.41 Å². The molecule has 1 rings (SSSR count). The van der Waals surface area contributed by atoms with Gasteiger partial charge in [-0.15, -0.1) is 0 Å². The topological polar surface area (TPSA) is 64.3 Å². The second-order valence-electron chi connectivity index (χ2n) is 5.73. The molecule has 1 fully saturated rings. The van der Waals surface area contributed by atoms with Gasteiger partial charge in [0.25, 0.3) is 0 Å². The van der Waals surface area contributed by atoms with Gasteiger partial charge in [-0.1, -0.05) is 26.7 Å². The van der Waals surface area contributed by atoms with Crippen LogP contribution in [0.3, 0.4) is 0 Å². The van der Waals surface area contributed by atoms with Gasteiger partial charge in [-0.05, 0) is 26.2 Å². The van der Waals surface area contributed by atoms with Crippen LogP contribution in [0.1, 0.15) is 52.9 Å². The fourth-order valence-corrected chi connectivity index (χ4v) is 3.02. The first-order valence-electron chi connectivity index (χ1n) is 7.39. The Morgan fingerprint density at radius 2 is 2.05 bits per heavy atom. The van der Waals surface area contributed by atoms with Gasteiger partial charge in [0.15, 0.2) is 0 Å². The molecule has 19 heavy (non-hydrogen) atoms. The van der Waals surface area contributed by atoms with Crippen molar-refractivity contribution in [3.8, 4) is 6.07 Å². The summed E-state index contributed by atoms with van der Waals surface area (Å²) in [5.74, 6) is 0.130. The van der Waals surface area contributed by atoms with Crippen molar-refractivity contribution >= 4 is 5.91 Å². The maximum Gasteiger partial charge on any atom is 0.243 e. The first-order valence-corrected chi connectivity index (χ1v) is 7.39. The van der Waals surface area contributed by atoms with Crippen LogP contribution in [0.2, 0.25) is 0 Å². The molecule has 0 bridgehead atoms. The predicted molar refractivity (Wildman–Crippen MR) is 74.2 cm³/mol. The predicted octanol–water partition coefficient (Wildman–Crippen LogP) is 2.33. The summed E-state index contributed by atoms with van der Waals surface area (Å²) in [6.45, 7) is 7.06. The minimum absolute atomic E-state index is 0.0261. The molecule has 0 radical (unpaired) electrons. The highest BCUT2D eigenvalue weighted by atomic mass is 16.3. The number of nitriles is 1. The highest BCUT2D eigenvalue weighted by Gasteiger charge is 2.42. The molecule has 4 nitrogen and oxygen atoms in total. The molecular formula is C15H26N2O2. The summed E-state index contributed by atoms with van der Waals surface area (Å²) in [6, 6.07) is 2.28. The van der Waals surface area contributed by atoms with Crippen LogP contribution < -0.4 is 0 Å². The summed E-state index contributed by atoms with van der Waals surface area (Å²) in [7, 11) is 0. The van der Waals surface area contributed by atoms with E-state index in [9.17, 15) is 15.2 Å². The van der Waals surface area contributed by atoms with Crippen LogP contribution in [-0.2, 0) is 4.79 Å². The number of aliphatic hydroxyl groups excluding tert-OH is 1. The lowest BCUT2D eigenvalue weighted by Crippen LogP contribution is -2.42. The van der Waals surface area contributed by atoms with Crippen LogP contribution in [0.4, 0.5) is 0 Å². The van der Waals surface area contributed by atoms with E-state index in [1.165, 1.54) is 0 Å². The Morgan fingerprint density at radius 1 is 1.47 bits per heavy atom. The van der Waals surface area contributed by atoms with Crippen molar-refractivity contribution in [2.45, 2.75) is 59.0 Å². The summed E-state index contributed by atoms with van der Waals surface area (Å²) in [5.41, 5.74) is -0.850. The Balaban J connectivity index is 2.81. The minimum Gasteiger partial charge on any atom is -0.393 e. The maximum absolute atomic E-state index is 12.7. The molecule has 1 aliphatic heterocycles. The fourth-order valence-electron chi connectivity index (χ4n) is 3.02. The quantitative estimate of drug-likeness (QED) is 0.802. The molecule has 1 aliphatic rings. The van der Waals surface area contributed by atoms with Gasteiger partial charge in [0, 0.05) is 19.0 Å². The molecular weight excluding hydrogens is 240 g/mol. The molecule has 4 heteroatoms. The zero-order valence-electron chi connectivity index (χ0n) is 12.4. The maximum atomic E-state index is 12.7. The first kappa shape index (κ1) is 16.0. The van der Waals surface area contributed by atoms with Gasteiger partial charge in [0.2, 0.25) is 5.91 Å². The monoisotopic (exact) mass is 266 g/mol. The van der Waals surface area contributed by atoms with Gasteiger partial charge >= 0.3 is 0 Å². The summed E-state index contributed by atoms with van der Waals surface area (Å²) in [4.78, 5) is 14.5. The zero-order valence-corrected chi connectivity index (χ0v) is 12.4. The Bertz CT molecular complexity index is 341. The number of carbonyl (C=O) groups excluding carboxylic acids is 1. The average molecular weight is 266 g/mol. The van der Waals surface area contributed by atoms with Crippen LogP contribution in [0.25, 0.3) is 0 Å². The van der Waals surface area contributed by atoms with Crippen molar-refractivity contribution in [2.24, 2.45) is 11.3 Å². The lowest BCUT2D eigenvalue weighted by atomic mass is 9.79. The van der Waals surface area contributed by atoms with Crippen molar-refractivity contribution in [1.82, 2.24) is 4.90 Å². The number of hydrogen-bond donors (Lipinski definition) is 1. The van der Waals surface area contributed by atoms with Crippen molar-refractivity contribution in [3.63, 3.8) is 0 Å². The average Bonchev–Trinajstić information content (AvgIpc) is 2.87. The molecule has 0 saturated carbocycles. The highest BCUT2D eigenvalue weighted by Crippen LogP contribution is 2.34. The van der Waals surface area contributed by atoms with E-state index in [0.29, 0.717) is 25.9 Å². The third kappa shape index (κ3) is 3.48. The molecule has 108 valence electrons. The Kier molecular flexibility index (Phi) is 5.81. The lowest BCUT2D eigenvalue weighted by molar-refractivity contribution is -0.139. The van der Waals surface area contributed by atoms with E-state index >= 15 is 0 Å².